The second-order valence-electron chi connectivity index (χ2n) is 35.0. The smallest absolute Gasteiger partial charge is 0.435 e. The van der Waals surface area contributed by atoms with Crippen molar-refractivity contribution in [3.8, 4) is 0 Å². The van der Waals surface area contributed by atoms with Gasteiger partial charge in [0.05, 0.1) is 0 Å². The van der Waals surface area contributed by atoms with E-state index >= 15 is 0 Å². The number of rotatable bonds is 50. The fourth-order valence-electron chi connectivity index (χ4n) is 11.9. The van der Waals surface area contributed by atoms with Crippen LogP contribution in [0.25, 0.3) is 0 Å². The summed E-state index contributed by atoms with van der Waals surface area (Å²) in [6.07, 6.45) is 6.36. The van der Waals surface area contributed by atoms with Gasteiger partial charge in [-0.2, -0.15) is 0 Å². The molecule has 4 rings (SSSR count). The molecule has 101 heavy (non-hydrogen) atoms. The summed E-state index contributed by atoms with van der Waals surface area (Å²) >= 11 is 0. The average Bonchev–Trinajstić information content (AvgIpc) is 0.695. The van der Waals surface area contributed by atoms with E-state index in [4.69, 9.17) is 82.3 Å². The van der Waals surface area contributed by atoms with E-state index in [0.717, 1.165) is 110 Å². The first-order valence-corrected chi connectivity index (χ1v) is 74.7. The third-order valence-corrected chi connectivity index (χ3v) is 76.4. The maximum Gasteiger partial charge on any atom is 0.651 e. The van der Waals surface area contributed by atoms with Crippen LogP contribution in [0.4, 0.5) is 0 Å². The molecule has 0 aromatic rings. The molecule has 0 aromatic carbocycles. The highest BCUT2D eigenvalue weighted by Crippen LogP contribution is 2.50. The van der Waals surface area contributed by atoms with Crippen molar-refractivity contribution in [3.05, 3.63) is 0 Å². The minimum Gasteiger partial charge on any atom is -0.435 e. The Morgan fingerprint density at radius 2 is 0.426 bits per heavy atom. The first-order valence-electron chi connectivity index (χ1n) is 36.7. The molecule has 0 spiro atoms. The Balaban J connectivity index is 2.51. The largest absolute Gasteiger partial charge is 0.651 e. The summed E-state index contributed by atoms with van der Waals surface area (Å²) in [6.45, 7) is 40.9. The molecule has 4 fully saturated rings. The van der Waals surface area contributed by atoms with E-state index in [2.05, 4.69) is 257 Å². The normalized spacial score (nSPS) is 27.1. The number of nitrogens with zero attached hydrogens (tertiary/aromatic N) is 8. The Morgan fingerprint density at radius 1 is 0.248 bits per heavy atom. The van der Waals surface area contributed by atoms with Crippen LogP contribution in [-0.2, 0) is 82.3 Å². The quantitative estimate of drug-likeness (QED) is 0.0521. The molecule has 4 aliphatic heterocycles. The Morgan fingerprint density at radius 3 is 0.644 bits per heavy atom. The van der Waals surface area contributed by atoms with Crippen LogP contribution in [0.5, 0.6) is 0 Å². The molecule has 0 N–H and O–H groups in total. The standard InChI is InChI=1S/C56H144N8O20Si17/c1-57(2)41-33-49-87(17,18)65-85-66-95(69-88(19,20)50-34-42-58(3)4)76-98(72-91(25,26)53-37-45-61(9)10)78-96(70-89(21,22)51-35-43-59(5)6)67-86-68-97(71-90(23,24)52-36-44-60(7)8)79-99(77-95,73-92(27,28)54-38-46-62(11)12)83-101(82-98,75-94(31,32)56-40-48-64(15)16)84-100(80-96,81-97)74-93(29,30)55-39-47-63(13)14/h33-56H2,1-32H3. The van der Waals surface area contributed by atoms with Crippen molar-refractivity contribution in [1.82, 2.24) is 39.2 Å². The Kier molecular flexibility index (Phi) is 38.0. The van der Waals surface area contributed by atoms with Crippen molar-refractivity contribution in [3.63, 3.8) is 0 Å². The Bertz CT molecular complexity index is 2360. The zero-order valence-corrected chi connectivity index (χ0v) is 86.2. The second kappa shape index (κ2) is 40.0. The average molecular weight is 1730 g/mol. The van der Waals surface area contributed by atoms with E-state index in [1.165, 1.54) is 0 Å². The van der Waals surface area contributed by atoms with Crippen LogP contribution in [0, 0.1) is 0 Å². The van der Waals surface area contributed by atoms with Crippen LogP contribution in [0.3, 0.4) is 0 Å². The third-order valence-electron chi connectivity index (χ3n) is 17.0. The summed E-state index contributed by atoms with van der Waals surface area (Å²) in [4.78, 5) is 17.4. The lowest BCUT2D eigenvalue weighted by Crippen LogP contribution is -2.88. The summed E-state index contributed by atoms with van der Waals surface area (Å²) in [5.74, 6) is 0. The lowest BCUT2D eigenvalue weighted by Gasteiger charge is -2.57. The SMILES string of the molecule is CN(C)CCC[Si](C)(C)O[Si]O[Si]1(O[Si](C)(C)CCCN(C)C)O[Si]2(O[Si](C)(C)CCCN(C)C)O[Si]3(O[Si](C)(C)CCCN(C)C)O[Si]O[Si]4(O[Si](C)(C)CCCN(C)C)O[Si](O[Si](C)(C)CCCN(C)C)(O1)O[Si](O[Si](C)(C)CCCN(C)C)(O2)O[Si](O[Si](C)(C)CCCN(C)C)(O3)O4. The summed E-state index contributed by atoms with van der Waals surface area (Å²) in [5.41, 5.74) is 0. The van der Waals surface area contributed by atoms with E-state index in [1.807, 2.05) is 0 Å². The van der Waals surface area contributed by atoms with Gasteiger partial charge >= 0.3 is 83.3 Å². The predicted molar refractivity (Wildman–Crippen MR) is 437 cm³/mol. The van der Waals surface area contributed by atoms with Crippen LogP contribution in [0.1, 0.15) is 51.4 Å². The highest BCUT2D eigenvalue weighted by molar-refractivity contribution is 7.01. The number of hydrogen-bond donors (Lipinski definition) is 0. The van der Waals surface area contributed by atoms with Gasteiger partial charge in [-0.1, -0.05) is 0 Å². The van der Waals surface area contributed by atoms with Gasteiger partial charge in [-0.15, -0.1) is 0 Å². The van der Waals surface area contributed by atoms with Gasteiger partial charge in [0, 0.05) is 0 Å². The lowest BCUT2D eigenvalue weighted by molar-refractivity contribution is -0.0962. The van der Waals surface area contributed by atoms with Crippen LogP contribution in [0.15, 0.2) is 0 Å². The van der Waals surface area contributed by atoms with Crippen molar-refractivity contribution >= 4 is 150 Å². The van der Waals surface area contributed by atoms with Gasteiger partial charge in [-0.3, -0.25) is 0 Å². The van der Waals surface area contributed by atoms with Crippen molar-refractivity contribution < 1.29 is 82.3 Å². The number of fused-ring (bicyclic) bond motifs is 4. The molecule has 4 radical (unpaired) electrons. The van der Waals surface area contributed by atoms with Gasteiger partial charge in [0.1, 0.15) is 0 Å². The van der Waals surface area contributed by atoms with Crippen molar-refractivity contribution in [2.75, 3.05) is 165 Å². The minimum atomic E-state index is -5.46. The van der Waals surface area contributed by atoms with E-state index in [0.29, 0.717) is 42.3 Å². The summed E-state index contributed by atoms with van der Waals surface area (Å²) in [7, 11) is -30.4. The molecule has 596 valence electrons. The maximum absolute atomic E-state index is 8.31. The van der Waals surface area contributed by atoms with E-state index in [-0.39, 0.29) is 0 Å². The van der Waals surface area contributed by atoms with Crippen molar-refractivity contribution in [1.29, 1.82) is 0 Å². The molecule has 4 heterocycles. The van der Waals surface area contributed by atoms with Crippen LogP contribution in [-0.4, -0.2) is 354 Å². The van der Waals surface area contributed by atoms with Gasteiger partial charge in [0.2, 0.25) is 0 Å². The molecule has 4 unspecified atom stereocenters. The van der Waals surface area contributed by atoms with Gasteiger partial charge in [0.15, 0.2) is 66.5 Å². The third kappa shape index (κ3) is 35.7. The summed E-state index contributed by atoms with van der Waals surface area (Å²) in [6, 6.07) is 5.33. The fraction of sp³-hybridized carbons (Fsp3) is 1.00. The fourth-order valence-corrected chi connectivity index (χ4v) is 79.2. The molecule has 0 saturated carbocycles. The van der Waals surface area contributed by atoms with Crippen molar-refractivity contribution in [2.45, 2.75) is 204 Å². The highest BCUT2D eigenvalue weighted by Gasteiger charge is 2.88. The zero-order chi connectivity index (χ0) is 76.6. The first kappa shape index (κ1) is 95.9. The summed E-state index contributed by atoms with van der Waals surface area (Å²) < 4.78 is 160. The second-order valence-corrected chi connectivity index (χ2v) is 90.9. The molecule has 45 heteroatoms. The van der Waals surface area contributed by atoms with Crippen LogP contribution < -0.4 is 0 Å². The van der Waals surface area contributed by atoms with Crippen LogP contribution in [0.2, 0.25) is 153 Å². The highest BCUT2D eigenvalue weighted by atomic mass is 28.7. The molecule has 6 bridgehead atoms. The van der Waals surface area contributed by atoms with Gasteiger partial charge in [-0.05, 0) is 370 Å². The molecule has 0 amide bonds. The molecule has 0 aliphatic carbocycles. The monoisotopic (exact) mass is 1720 g/mol. The molecular weight excluding hydrogens is 1580 g/mol. The molecule has 28 nitrogen and oxygen atoms in total. The van der Waals surface area contributed by atoms with E-state index in [9.17, 15) is 0 Å². The molecule has 4 saturated heterocycles. The lowest BCUT2D eigenvalue weighted by atomic mass is 10.5. The molecule has 4 atom stereocenters. The maximum atomic E-state index is 8.31. The minimum absolute atomic E-state index is 0.624. The topological polar surface area (TPSA) is 211 Å². The number of hydrogen-bond acceptors (Lipinski definition) is 28. The predicted octanol–water partition coefficient (Wildman–Crippen LogP) is 8.74. The summed E-state index contributed by atoms with van der Waals surface area (Å²) in [5, 5.41) is 0. The Labute approximate surface area is 636 Å². The van der Waals surface area contributed by atoms with Gasteiger partial charge in [-0.25, -0.2) is 0 Å². The van der Waals surface area contributed by atoms with E-state index < -0.39 is 150 Å². The zero-order valence-electron chi connectivity index (χ0n) is 69.2. The van der Waals surface area contributed by atoms with Gasteiger partial charge in [0.25, 0.3) is 0 Å². The van der Waals surface area contributed by atoms with Crippen molar-refractivity contribution in [2.24, 2.45) is 0 Å². The first-order chi connectivity index (χ1) is 46.1. The van der Waals surface area contributed by atoms with E-state index in [1.54, 1.807) is 0 Å². The van der Waals surface area contributed by atoms with Crippen LogP contribution >= 0.6 is 0 Å². The van der Waals surface area contributed by atoms with Gasteiger partial charge < -0.3 is 122 Å². The molecular formula is C56H144N8O20Si17. The molecule has 0 aromatic heterocycles. The Hall–Kier alpha value is 2.57. The molecule has 4 aliphatic rings.